The maximum Gasteiger partial charge on any atom is 0.367 e. The van der Waals surface area contributed by atoms with E-state index in [-0.39, 0.29) is 24.2 Å². The van der Waals surface area contributed by atoms with Crippen molar-refractivity contribution in [3.05, 3.63) is 29.8 Å². The summed E-state index contributed by atoms with van der Waals surface area (Å²) < 4.78 is 5.00. The number of aliphatic imine (C=N–C) groups is 2. The number of urea groups is 1. The predicted molar refractivity (Wildman–Crippen MR) is 101 cm³/mol. The van der Waals surface area contributed by atoms with Crippen LogP contribution in [0, 0.1) is 5.92 Å². The van der Waals surface area contributed by atoms with E-state index in [1.807, 2.05) is 0 Å². The van der Waals surface area contributed by atoms with Crippen LogP contribution in [-0.2, 0) is 9.53 Å². The highest BCUT2D eigenvalue weighted by atomic mass is 32.2. The summed E-state index contributed by atoms with van der Waals surface area (Å²) in [6.45, 7) is 1.98. The Kier molecular flexibility index (Phi) is 5.82. The van der Waals surface area contributed by atoms with E-state index in [0.29, 0.717) is 16.3 Å². The van der Waals surface area contributed by atoms with Crippen molar-refractivity contribution in [2.75, 3.05) is 17.7 Å². The molecule has 8 heteroatoms. The second kappa shape index (κ2) is 8.27. The molecule has 0 aromatic heterocycles. The van der Waals surface area contributed by atoms with Crippen molar-refractivity contribution in [2.24, 2.45) is 15.9 Å². The molecule has 1 N–H and O–H groups in total. The monoisotopic (exact) mass is 373 g/mol. The zero-order chi connectivity index (χ0) is 18.5. The lowest BCUT2D eigenvalue weighted by molar-refractivity contribution is -0.113. The Morgan fingerprint density at radius 2 is 2.12 bits per heavy atom. The van der Waals surface area contributed by atoms with Gasteiger partial charge in [-0.25, -0.2) is 14.6 Å². The van der Waals surface area contributed by atoms with Crippen LogP contribution in [0.25, 0.3) is 0 Å². The quantitative estimate of drug-likeness (QED) is 0.799. The van der Waals surface area contributed by atoms with E-state index in [4.69, 9.17) is 4.74 Å². The highest BCUT2D eigenvalue weighted by Gasteiger charge is 2.32. The van der Waals surface area contributed by atoms with Gasteiger partial charge in [-0.2, -0.15) is 4.99 Å². The van der Waals surface area contributed by atoms with Crippen molar-refractivity contribution in [2.45, 2.75) is 26.2 Å². The predicted octanol–water partition coefficient (Wildman–Crippen LogP) is 3.31. The maximum atomic E-state index is 12.3. The summed E-state index contributed by atoms with van der Waals surface area (Å²) in [6.07, 6.45) is 2.70. The highest BCUT2D eigenvalue weighted by molar-refractivity contribution is 8.14. The van der Waals surface area contributed by atoms with Gasteiger partial charge in [0.1, 0.15) is 0 Å². The van der Waals surface area contributed by atoms with Crippen molar-refractivity contribution >= 4 is 46.1 Å². The molecule has 1 heterocycles. The Morgan fingerprint density at radius 3 is 2.92 bits per heavy atom. The first-order chi connectivity index (χ1) is 12.6. The van der Waals surface area contributed by atoms with Crippen LogP contribution in [0.5, 0.6) is 0 Å². The maximum absolute atomic E-state index is 12.3. The van der Waals surface area contributed by atoms with Crippen molar-refractivity contribution in [3.8, 4) is 0 Å². The van der Waals surface area contributed by atoms with Gasteiger partial charge in [-0.3, -0.25) is 4.79 Å². The molecule has 1 aromatic rings. The Hall–Kier alpha value is -2.48. The Balaban J connectivity index is 1.62. The molecule has 1 aliphatic carbocycles. The fourth-order valence-electron chi connectivity index (χ4n) is 2.99. The van der Waals surface area contributed by atoms with Gasteiger partial charge in [0.25, 0.3) is 0 Å². The number of nitrogens with one attached hydrogen (secondary N) is 1. The van der Waals surface area contributed by atoms with Gasteiger partial charge in [-0.05, 0) is 38.3 Å². The SMILES string of the molecule is CCOC(=O)c1ccccc1NC(=O)CSC1=NC(=O)N=C2CCCC21. The number of hydrogen-bond acceptors (Lipinski definition) is 5. The molecule has 1 aromatic carbocycles. The van der Waals surface area contributed by atoms with Gasteiger partial charge in [0.2, 0.25) is 5.91 Å². The third kappa shape index (κ3) is 4.19. The summed E-state index contributed by atoms with van der Waals surface area (Å²) in [4.78, 5) is 43.8. The molecule has 26 heavy (non-hydrogen) atoms. The molecule has 1 atom stereocenters. The van der Waals surface area contributed by atoms with Crippen LogP contribution >= 0.6 is 11.8 Å². The standard InChI is InChI=1S/C18H19N3O4S/c1-2-25-17(23)12-6-3-4-8-14(12)19-15(22)10-26-16-11-7-5-9-13(11)20-18(24)21-16/h3-4,6,8,11H,2,5,7,9-10H2,1H3,(H,19,22). The average molecular weight is 373 g/mol. The van der Waals surface area contributed by atoms with Crippen molar-refractivity contribution in [3.63, 3.8) is 0 Å². The number of para-hydroxylation sites is 1. The topological polar surface area (TPSA) is 97.2 Å². The first-order valence-electron chi connectivity index (χ1n) is 8.47. The normalized spacial score (nSPS) is 18.7. The van der Waals surface area contributed by atoms with E-state index in [2.05, 4.69) is 15.3 Å². The molecular formula is C18H19N3O4S. The second-order valence-electron chi connectivity index (χ2n) is 5.88. The third-order valence-electron chi connectivity index (χ3n) is 4.12. The fraction of sp³-hybridized carbons (Fsp3) is 0.389. The summed E-state index contributed by atoms with van der Waals surface area (Å²) >= 11 is 1.25. The van der Waals surface area contributed by atoms with Gasteiger partial charge in [-0.15, -0.1) is 0 Å². The molecular weight excluding hydrogens is 354 g/mol. The largest absolute Gasteiger partial charge is 0.462 e. The van der Waals surface area contributed by atoms with Crippen LogP contribution < -0.4 is 5.32 Å². The molecule has 0 bridgehead atoms. The molecule has 1 aliphatic heterocycles. The number of esters is 1. The van der Waals surface area contributed by atoms with Crippen molar-refractivity contribution < 1.29 is 19.1 Å². The van der Waals surface area contributed by atoms with Gasteiger partial charge < -0.3 is 10.1 Å². The average Bonchev–Trinajstić information content (AvgIpc) is 3.08. The number of hydrogen-bond donors (Lipinski definition) is 1. The minimum absolute atomic E-state index is 0.0670. The molecule has 7 nitrogen and oxygen atoms in total. The van der Waals surface area contributed by atoms with Gasteiger partial charge >= 0.3 is 12.0 Å². The minimum atomic E-state index is -0.492. The lowest BCUT2D eigenvalue weighted by atomic mass is 10.1. The summed E-state index contributed by atoms with van der Waals surface area (Å²) in [7, 11) is 0. The highest BCUT2D eigenvalue weighted by Crippen LogP contribution is 2.31. The molecule has 136 valence electrons. The number of amides is 3. The first kappa shape index (κ1) is 18.3. The van der Waals surface area contributed by atoms with E-state index in [9.17, 15) is 14.4 Å². The van der Waals surface area contributed by atoms with Crippen LogP contribution in [0.15, 0.2) is 34.3 Å². The van der Waals surface area contributed by atoms with Crippen LogP contribution in [-0.4, -0.2) is 41.0 Å². The van der Waals surface area contributed by atoms with Crippen molar-refractivity contribution in [1.82, 2.24) is 0 Å². The molecule has 1 fully saturated rings. The van der Waals surface area contributed by atoms with Crippen LogP contribution in [0.3, 0.4) is 0 Å². The summed E-state index contributed by atoms with van der Waals surface area (Å²) in [5, 5.41) is 3.39. The number of benzene rings is 1. The number of carbonyl (C=O) groups excluding carboxylic acids is 3. The number of fused-ring (bicyclic) bond motifs is 1. The molecule has 1 unspecified atom stereocenters. The zero-order valence-electron chi connectivity index (χ0n) is 14.4. The Labute approximate surface area is 155 Å². The number of anilines is 1. The zero-order valence-corrected chi connectivity index (χ0v) is 15.2. The van der Waals surface area contributed by atoms with E-state index in [1.54, 1.807) is 31.2 Å². The fourth-order valence-corrected chi connectivity index (χ4v) is 3.93. The van der Waals surface area contributed by atoms with Gasteiger partial charge in [-0.1, -0.05) is 23.9 Å². The van der Waals surface area contributed by atoms with Crippen LogP contribution in [0.4, 0.5) is 10.5 Å². The van der Waals surface area contributed by atoms with E-state index < -0.39 is 12.0 Å². The number of thioether (sulfide) groups is 1. The molecule has 3 rings (SSSR count). The second-order valence-corrected chi connectivity index (χ2v) is 6.88. The lowest BCUT2D eigenvalue weighted by Crippen LogP contribution is -2.25. The van der Waals surface area contributed by atoms with Crippen LogP contribution in [0.1, 0.15) is 36.5 Å². The summed E-state index contributed by atoms with van der Waals surface area (Å²) in [5.74, 6) is -0.584. The molecule has 2 aliphatic rings. The van der Waals surface area contributed by atoms with Gasteiger partial charge in [0.05, 0.1) is 28.7 Å². The molecule has 0 radical (unpaired) electrons. The molecule has 0 saturated heterocycles. The van der Waals surface area contributed by atoms with E-state index >= 15 is 0 Å². The third-order valence-corrected chi connectivity index (χ3v) is 5.20. The number of rotatable bonds is 5. The minimum Gasteiger partial charge on any atom is -0.462 e. The lowest BCUT2D eigenvalue weighted by Gasteiger charge is -2.16. The molecule has 0 spiro atoms. The molecule has 3 amide bonds. The number of ether oxygens (including phenoxy) is 1. The number of carbonyl (C=O) groups is 3. The first-order valence-corrected chi connectivity index (χ1v) is 9.46. The Morgan fingerprint density at radius 1 is 1.31 bits per heavy atom. The van der Waals surface area contributed by atoms with E-state index in [0.717, 1.165) is 25.0 Å². The Bertz CT molecular complexity index is 803. The van der Waals surface area contributed by atoms with Crippen LogP contribution in [0.2, 0.25) is 0 Å². The number of nitrogens with zero attached hydrogens (tertiary/aromatic N) is 2. The summed E-state index contributed by atoms with van der Waals surface area (Å²) in [5.41, 5.74) is 1.59. The van der Waals surface area contributed by atoms with Crippen molar-refractivity contribution in [1.29, 1.82) is 0 Å². The molecule has 1 saturated carbocycles. The van der Waals surface area contributed by atoms with Gasteiger partial charge in [0.15, 0.2) is 0 Å². The summed E-state index contributed by atoms with van der Waals surface area (Å²) in [6, 6.07) is 6.20. The van der Waals surface area contributed by atoms with E-state index in [1.165, 1.54) is 11.8 Å². The van der Waals surface area contributed by atoms with Gasteiger partial charge in [0, 0.05) is 11.6 Å². The smallest absolute Gasteiger partial charge is 0.367 e.